The molecule has 1 aliphatic heterocycles. The lowest BCUT2D eigenvalue weighted by atomic mass is 9.91. The van der Waals surface area contributed by atoms with Crippen LogP contribution in [0.3, 0.4) is 0 Å². The van der Waals surface area contributed by atoms with E-state index in [9.17, 15) is 14.3 Å². The number of ketones is 1. The quantitative estimate of drug-likeness (QED) is 0.402. The first-order valence-corrected chi connectivity index (χ1v) is 13.9. The largest absolute Gasteiger partial charge is 0.504 e. The highest BCUT2D eigenvalue weighted by atomic mass is 35.5. The summed E-state index contributed by atoms with van der Waals surface area (Å²) >= 11 is 6.07. The summed E-state index contributed by atoms with van der Waals surface area (Å²) < 4.78 is 14.3. The molecule has 200 valence electrons. The Morgan fingerprint density at radius 3 is 2.69 bits per heavy atom. The van der Waals surface area contributed by atoms with Crippen molar-refractivity contribution in [3.05, 3.63) is 82.3 Å². The first-order valence-electron chi connectivity index (χ1n) is 13.5. The predicted molar refractivity (Wildman–Crippen MR) is 153 cm³/mol. The van der Waals surface area contributed by atoms with Crippen molar-refractivity contribution < 1.29 is 14.3 Å². The van der Waals surface area contributed by atoms with E-state index >= 15 is 0 Å². The Bertz CT molecular complexity index is 1470. The topological polar surface area (TPSA) is 91.8 Å². The molecule has 1 unspecified atom stereocenters. The molecule has 39 heavy (non-hydrogen) atoms. The molecule has 0 bridgehead atoms. The van der Waals surface area contributed by atoms with Crippen LogP contribution in [0.2, 0.25) is 5.02 Å². The van der Waals surface area contributed by atoms with Crippen LogP contribution in [0.15, 0.2) is 65.3 Å². The number of rotatable bonds is 5. The highest BCUT2D eigenvalue weighted by Crippen LogP contribution is 2.38. The Kier molecular flexibility index (Phi) is 6.95. The summed E-state index contributed by atoms with van der Waals surface area (Å²) in [7, 11) is 0. The summed E-state index contributed by atoms with van der Waals surface area (Å²) in [4.78, 5) is 25.3. The van der Waals surface area contributed by atoms with Crippen LogP contribution in [0.25, 0.3) is 11.1 Å². The second-order valence-electron chi connectivity index (χ2n) is 10.6. The molecule has 6 nitrogen and oxygen atoms in total. The molecule has 8 heteroatoms. The molecule has 1 atom stereocenters. The molecule has 1 saturated carbocycles. The van der Waals surface area contributed by atoms with Gasteiger partial charge in [0.05, 0.1) is 22.6 Å². The molecule has 2 aromatic carbocycles. The van der Waals surface area contributed by atoms with E-state index in [-0.39, 0.29) is 22.8 Å². The SMILES string of the molecule is NC1CCCN(c2ccc(N=C3C(C(=O)C4CC4)=CCCc4ccc(-c5cc(F)c(O)c(Cl)c5)cc43)cn2)C1. The number of nitrogens with zero attached hydrogens (tertiary/aromatic N) is 3. The maximum absolute atomic E-state index is 14.3. The average molecular weight is 545 g/mol. The van der Waals surface area contributed by atoms with Crippen LogP contribution in [-0.4, -0.2) is 40.7 Å². The van der Waals surface area contributed by atoms with Gasteiger partial charge in [0.2, 0.25) is 0 Å². The van der Waals surface area contributed by atoms with Gasteiger partial charge in [0.25, 0.3) is 0 Å². The number of Topliss-reactive ketones (excluding diaryl/α,β-unsaturated/α-hetero) is 1. The molecule has 0 spiro atoms. The van der Waals surface area contributed by atoms with E-state index in [2.05, 4.69) is 9.88 Å². The zero-order valence-corrected chi connectivity index (χ0v) is 22.3. The van der Waals surface area contributed by atoms with Crippen LogP contribution in [-0.2, 0) is 11.2 Å². The van der Waals surface area contributed by atoms with Gasteiger partial charge >= 0.3 is 0 Å². The number of aromatic hydroxyl groups is 1. The van der Waals surface area contributed by atoms with Gasteiger partial charge in [0.15, 0.2) is 17.3 Å². The molecule has 3 N–H and O–H groups in total. The number of phenolic OH excluding ortho intramolecular Hbond substituents is 1. The standard InChI is InChI=1S/C31H30ClFN4O2/c32-26-14-21(15-27(33)31(26)39)20-9-6-18-3-1-5-24(30(38)19-7-8-19)29(25(18)13-20)36-23-10-11-28(35-16-23)37-12-2-4-22(34)17-37/h5-6,9-11,13-16,19,22,39H,1-4,7-8,12,17,34H2. The minimum absolute atomic E-state index is 0.0417. The van der Waals surface area contributed by atoms with Crippen LogP contribution < -0.4 is 10.6 Å². The van der Waals surface area contributed by atoms with Gasteiger partial charge < -0.3 is 15.7 Å². The molecular weight excluding hydrogens is 515 g/mol. The number of aryl methyl sites for hydroxylation is 1. The van der Waals surface area contributed by atoms with Crippen LogP contribution in [0.1, 0.15) is 43.2 Å². The van der Waals surface area contributed by atoms with Crippen LogP contribution in [0.4, 0.5) is 15.9 Å². The fourth-order valence-corrected chi connectivity index (χ4v) is 5.63. The number of aliphatic imine (C=N–C) groups is 1. The summed E-state index contributed by atoms with van der Waals surface area (Å²) in [5.41, 5.74) is 11.2. The van der Waals surface area contributed by atoms with E-state index in [1.165, 1.54) is 12.1 Å². The van der Waals surface area contributed by atoms with E-state index in [0.29, 0.717) is 22.5 Å². The van der Waals surface area contributed by atoms with Gasteiger partial charge in [-0.1, -0.05) is 29.8 Å². The zero-order chi connectivity index (χ0) is 27.1. The summed E-state index contributed by atoms with van der Waals surface area (Å²) in [5, 5.41) is 9.74. The summed E-state index contributed by atoms with van der Waals surface area (Å²) in [6.07, 6.45) is 9.10. The molecule has 2 fully saturated rings. The Morgan fingerprint density at radius 1 is 1.13 bits per heavy atom. The van der Waals surface area contributed by atoms with Gasteiger partial charge in [-0.25, -0.2) is 14.4 Å². The number of carbonyl (C=O) groups excluding carboxylic acids is 1. The number of hydrogen-bond donors (Lipinski definition) is 2. The van der Waals surface area contributed by atoms with Crippen molar-refractivity contribution in [1.82, 2.24) is 4.98 Å². The summed E-state index contributed by atoms with van der Waals surface area (Å²) in [6, 6.07) is 12.7. The highest BCUT2D eigenvalue weighted by molar-refractivity contribution is 6.32. The molecule has 3 aliphatic rings. The molecule has 2 aliphatic carbocycles. The predicted octanol–water partition coefficient (Wildman–Crippen LogP) is 6.15. The number of phenols is 1. The maximum atomic E-state index is 14.3. The number of anilines is 1. The third-order valence-corrected chi connectivity index (χ3v) is 7.99. The lowest BCUT2D eigenvalue weighted by Crippen LogP contribution is -2.43. The third-order valence-electron chi connectivity index (χ3n) is 7.70. The number of aromatic nitrogens is 1. The monoisotopic (exact) mass is 544 g/mol. The molecule has 2 heterocycles. The number of benzene rings is 2. The van der Waals surface area contributed by atoms with Crippen molar-refractivity contribution in [2.75, 3.05) is 18.0 Å². The zero-order valence-electron chi connectivity index (χ0n) is 21.5. The Hall–Kier alpha value is -3.55. The van der Waals surface area contributed by atoms with Crippen molar-refractivity contribution in [3.8, 4) is 16.9 Å². The molecule has 3 aromatic rings. The molecule has 0 radical (unpaired) electrons. The normalized spacial score (nSPS) is 20.4. The van der Waals surface area contributed by atoms with Gasteiger partial charge in [-0.15, -0.1) is 0 Å². The van der Waals surface area contributed by atoms with Gasteiger partial charge in [0.1, 0.15) is 5.82 Å². The lowest BCUT2D eigenvalue weighted by molar-refractivity contribution is -0.116. The van der Waals surface area contributed by atoms with E-state index in [0.717, 1.165) is 74.1 Å². The van der Waals surface area contributed by atoms with Gasteiger partial charge in [-0.2, -0.15) is 0 Å². The third kappa shape index (κ3) is 5.34. The van der Waals surface area contributed by atoms with Gasteiger partial charge in [-0.3, -0.25) is 4.79 Å². The van der Waals surface area contributed by atoms with Crippen LogP contribution in [0.5, 0.6) is 5.75 Å². The Labute approximate surface area is 232 Å². The van der Waals surface area contributed by atoms with E-state index in [1.54, 1.807) is 6.20 Å². The molecule has 1 aromatic heterocycles. The van der Waals surface area contributed by atoms with Crippen LogP contribution >= 0.6 is 11.6 Å². The molecule has 1 saturated heterocycles. The number of carbonyl (C=O) groups is 1. The minimum Gasteiger partial charge on any atom is -0.504 e. The number of nitrogens with two attached hydrogens (primary N) is 1. The number of hydrogen-bond acceptors (Lipinski definition) is 6. The fourth-order valence-electron chi connectivity index (χ4n) is 5.42. The summed E-state index contributed by atoms with van der Waals surface area (Å²) in [6.45, 7) is 1.71. The van der Waals surface area contributed by atoms with E-state index in [1.807, 2.05) is 36.4 Å². The summed E-state index contributed by atoms with van der Waals surface area (Å²) in [5.74, 6) is -0.321. The van der Waals surface area contributed by atoms with E-state index in [4.69, 9.17) is 22.3 Å². The first kappa shape index (κ1) is 25.7. The van der Waals surface area contributed by atoms with Crippen molar-refractivity contribution in [2.45, 2.75) is 44.6 Å². The molecule has 0 amide bonds. The number of fused-ring (bicyclic) bond motifs is 1. The second kappa shape index (κ2) is 10.5. The van der Waals surface area contributed by atoms with Crippen molar-refractivity contribution in [1.29, 1.82) is 0 Å². The number of piperidine rings is 1. The Morgan fingerprint density at radius 2 is 1.97 bits per heavy atom. The second-order valence-corrected chi connectivity index (χ2v) is 11.0. The Balaban J connectivity index is 1.42. The fraction of sp³-hybridized carbons (Fsp3) is 0.323. The lowest BCUT2D eigenvalue weighted by Gasteiger charge is -2.31. The van der Waals surface area contributed by atoms with Gasteiger partial charge in [0, 0.05) is 36.2 Å². The van der Waals surface area contributed by atoms with Crippen LogP contribution in [0, 0.1) is 11.7 Å². The first-order chi connectivity index (χ1) is 18.9. The van der Waals surface area contributed by atoms with E-state index < -0.39 is 11.6 Å². The van der Waals surface area contributed by atoms with Crippen molar-refractivity contribution >= 4 is 34.6 Å². The van der Waals surface area contributed by atoms with Crippen molar-refractivity contribution in [2.24, 2.45) is 16.6 Å². The molecule has 6 rings (SSSR count). The van der Waals surface area contributed by atoms with Gasteiger partial charge in [-0.05, 0) is 85.5 Å². The smallest absolute Gasteiger partial charge is 0.170 e. The maximum Gasteiger partial charge on any atom is 0.170 e. The number of allylic oxidation sites excluding steroid dienone is 2. The highest BCUT2D eigenvalue weighted by Gasteiger charge is 2.35. The average Bonchev–Trinajstić information content (AvgIpc) is 3.80. The molecular formula is C31H30ClFN4O2. The number of pyridine rings is 1. The number of halogens is 2. The minimum atomic E-state index is -0.786. The van der Waals surface area contributed by atoms with Crippen molar-refractivity contribution in [3.63, 3.8) is 0 Å².